The molecule has 0 fully saturated rings. The fourth-order valence-electron chi connectivity index (χ4n) is 1.56. The maximum Gasteiger partial charge on any atom is 0.142 e. The van der Waals surface area contributed by atoms with Crippen LogP contribution in [0.15, 0.2) is 35.7 Å². The SMILES string of the molecule is Cl.Nc1ccc(OCCO)c(NCc2cccs2)c1. The molecule has 1 aromatic heterocycles. The largest absolute Gasteiger partial charge is 0.489 e. The number of benzene rings is 1. The quantitative estimate of drug-likeness (QED) is 0.718. The maximum atomic E-state index is 8.78. The lowest BCUT2D eigenvalue weighted by Gasteiger charge is -2.13. The Kier molecular flexibility index (Phi) is 6.49. The molecule has 0 spiro atoms. The van der Waals surface area contributed by atoms with Crippen molar-refractivity contribution in [1.29, 1.82) is 0 Å². The van der Waals surface area contributed by atoms with Crippen molar-refractivity contribution in [2.45, 2.75) is 6.54 Å². The van der Waals surface area contributed by atoms with Crippen molar-refractivity contribution in [2.24, 2.45) is 0 Å². The standard InChI is InChI=1S/C13H16N2O2S.ClH/c14-10-3-4-13(17-6-5-16)12(8-10)15-9-11-2-1-7-18-11;/h1-4,7-8,15-16H,5-6,9,14H2;1H. The van der Waals surface area contributed by atoms with E-state index in [-0.39, 0.29) is 25.6 Å². The maximum absolute atomic E-state index is 8.78. The minimum Gasteiger partial charge on any atom is -0.489 e. The van der Waals surface area contributed by atoms with Gasteiger partial charge in [0.05, 0.1) is 12.3 Å². The van der Waals surface area contributed by atoms with Gasteiger partial charge in [-0.15, -0.1) is 23.7 Å². The number of aliphatic hydroxyl groups excluding tert-OH is 1. The molecule has 1 heterocycles. The third-order valence-electron chi connectivity index (χ3n) is 2.39. The normalized spacial score (nSPS) is 9.74. The van der Waals surface area contributed by atoms with Gasteiger partial charge in [0.1, 0.15) is 12.4 Å². The number of aliphatic hydroxyl groups is 1. The summed E-state index contributed by atoms with van der Waals surface area (Å²) in [7, 11) is 0. The van der Waals surface area contributed by atoms with Gasteiger partial charge < -0.3 is 20.9 Å². The molecule has 19 heavy (non-hydrogen) atoms. The molecule has 0 radical (unpaired) electrons. The third-order valence-corrected chi connectivity index (χ3v) is 3.26. The van der Waals surface area contributed by atoms with Crippen LogP contribution >= 0.6 is 23.7 Å². The van der Waals surface area contributed by atoms with Gasteiger partial charge in [-0.05, 0) is 29.6 Å². The summed E-state index contributed by atoms with van der Waals surface area (Å²) in [5, 5.41) is 14.1. The van der Waals surface area contributed by atoms with Crippen molar-refractivity contribution >= 4 is 35.1 Å². The number of nitrogen functional groups attached to an aromatic ring is 1. The van der Waals surface area contributed by atoms with Crippen molar-refractivity contribution in [3.63, 3.8) is 0 Å². The number of nitrogens with two attached hydrogens (primary N) is 1. The zero-order valence-electron chi connectivity index (χ0n) is 10.3. The molecule has 6 heteroatoms. The summed E-state index contributed by atoms with van der Waals surface area (Å²) in [5.74, 6) is 0.704. The van der Waals surface area contributed by atoms with Gasteiger partial charge in [-0.1, -0.05) is 6.07 Å². The van der Waals surface area contributed by atoms with E-state index in [9.17, 15) is 0 Å². The molecule has 4 nitrogen and oxygen atoms in total. The summed E-state index contributed by atoms with van der Waals surface area (Å²) in [4.78, 5) is 1.24. The smallest absolute Gasteiger partial charge is 0.142 e. The number of anilines is 2. The molecule has 0 aliphatic carbocycles. The molecule has 0 aliphatic rings. The van der Waals surface area contributed by atoms with Gasteiger partial charge >= 0.3 is 0 Å². The summed E-state index contributed by atoms with van der Waals surface area (Å²) in [6.45, 7) is 1.00. The fraction of sp³-hybridized carbons (Fsp3) is 0.231. The summed E-state index contributed by atoms with van der Waals surface area (Å²) >= 11 is 1.70. The minimum absolute atomic E-state index is 0. The Bertz CT molecular complexity index is 491. The van der Waals surface area contributed by atoms with Crippen LogP contribution in [0.5, 0.6) is 5.75 Å². The summed E-state index contributed by atoms with van der Waals surface area (Å²) in [5.41, 5.74) is 7.29. The van der Waals surface area contributed by atoms with Gasteiger partial charge in [-0.3, -0.25) is 0 Å². The third kappa shape index (κ3) is 4.63. The first-order valence-corrected chi connectivity index (χ1v) is 6.57. The van der Waals surface area contributed by atoms with Gasteiger partial charge in [0, 0.05) is 17.1 Å². The first-order chi connectivity index (χ1) is 8.79. The van der Waals surface area contributed by atoms with E-state index < -0.39 is 0 Å². The van der Waals surface area contributed by atoms with Gasteiger partial charge in [-0.2, -0.15) is 0 Å². The molecule has 0 unspecified atom stereocenters. The van der Waals surface area contributed by atoms with Crippen LogP contribution in [-0.2, 0) is 6.54 Å². The van der Waals surface area contributed by atoms with Crippen molar-refractivity contribution in [3.05, 3.63) is 40.6 Å². The predicted octanol–water partition coefficient (Wildman–Crippen LogP) is 2.74. The lowest BCUT2D eigenvalue weighted by Crippen LogP contribution is -2.06. The van der Waals surface area contributed by atoms with Crippen LogP contribution in [0.3, 0.4) is 0 Å². The Balaban J connectivity index is 0.00000180. The number of thiophene rings is 1. The zero-order chi connectivity index (χ0) is 12.8. The van der Waals surface area contributed by atoms with E-state index in [1.807, 2.05) is 23.6 Å². The Morgan fingerprint density at radius 2 is 2.16 bits per heavy atom. The van der Waals surface area contributed by atoms with Crippen LogP contribution in [0.1, 0.15) is 4.88 Å². The van der Waals surface area contributed by atoms with Crippen LogP contribution in [0.25, 0.3) is 0 Å². The Morgan fingerprint density at radius 1 is 1.32 bits per heavy atom. The Labute approximate surface area is 122 Å². The first-order valence-electron chi connectivity index (χ1n) is 5.69. The van der Waals surface area contributed by atoms with Crippen LogP contribution in [0.4, 0.5) is 11.4 Å². The Hall–Kier alpha value is -1.43. The second kappa shape index (κ2) is 7.89. The molecule has 4 N–H and O–H groups in total. The molecule has 1 aromatic carbocycles. The number of hydrogen-bond acceptors (Lipinski definition) is 5. The van der Waals surface area contributed by atoms with E-state index in [1.54, 1.807) is 17.4 Å². The highest BCUT2D eigenvalue weighted by Gasteiger charge is 2.04. The van der Waals surface area contributed by atoms with Crippen molar-refractivity contribution in [1.82, 2.24) is 0 Å². The molecule has 2 rings (SSSR count). The van der Waals surface area contributed by atoms with E-state index in [0.29, 0.717) is 11.4 Å². The van der Waals surface area contributed by atoms with Crippen LogP contribution in [-0.4, -0.2) is 18.3 Å². The molecule has 0 saturated carbocycles. The number of nitrogens with one attached hydrogen (secondary N) is 1. The van der Waals surface area contributed by atoms with Crippen LogP contribution < -0.4 is 15.8 Å². The molecular formula is C13H17ClN2O2S. The monoisotopic (exact) mass is 300 g/mol. The molecule has 0 aliphatic heterocycles. The molecule has 0 saturated heterocycles. The lowest BCUT2D eigenvalue weighted by atomic mass is 10.2. The number of ether oxygens (including phenoxy) is 1. The average molecular weight is 301 g/mol. The van der Waals surface area contributed by atoms with Crippen LogP contribution in [0, 0.1) is 0 Å². The molecule has 0 amide bonds. The zero-order valence-corrected chi connectivity index (χ0v) is 12.0. The molecule has 0 atom stereocenters. The second-order valence-electron chi connectivity index (χ2n) is 3.76. The predicted molar refractivity (Wildman–Crippen MR) is 82.3 cm³/mol. The highest BCUT2D eigenvalue weighted by Crippen LogP contribution is 2.27. The second-order valence-corrected chi connectivity index (χ2v) is 4.79. The highest BCUT2D eigenvalue weighted by atomic mass is 35.5. The van der Waals surface area contributed by atoms with E-state index in [1.165, 1.54) is 4.88 Å². The van der Waals surface area contributed by atoms with E-state index >= 15 is 0 Å². The molecule has 104 valence electrons. The first kappa shape index (κ1) is 15.6. The molecular weight excluding hydrogens is 284 g/mol. The lowest BCUT2D eigenvalue weighted by molar-refractivity contribution is 0.202. The van der Waals surface area contributed by atoms with Gasteiger partial charge in [0.15, 0.2) is 0 Å². The van der Waals surface area contributed by atoms with Crippen molar-refractivity contribution in [3.8, 4) is 5.75 Å². The van der Waals surface area contributed by atoms with Crippen LogP contribution in [0.2, 0.25) is 0 Å². The number of hydrogen-bond donors (Lipinski definition) is 3. The minimum atomic E-state index is -0.00522. The topological polar surface area (TPSA) is 67.5 Å². The molecule has 0 bridgehead atoms. The number of halogens is 1. The summed E-state index contributed by atoms with van der Waals surface area (Å²) < 4.78 is 5.45. The summed E-state index contributed by atoms with van der Waals surface area (Å²) in [6, 6.07) is 9.51. The van der Waals surface area contributed by atoms with Crippen molar-refractivity contribution < 1.29 is 9.84 Å². The van der Waals surface area contributed by atoms with Gasteiger partial charge in [0.2, 0.25) is 0 Å². The molecule has 2 aromatic rings. The number of rotatable bonds is 6. The summed E-state index contributed by atoms with van der Waals surface area (Å²) in [6.07, 6.45) is 0. The fourth-order valence-corrected chi connectivity index (χ4v) is 2.21. The van der Waals surface area contributed by atoms with Crippen molar-refractivity contribution in [2.75, 3.05) is 24.3 Å². The van der Waals surface area contributed by atoms with Gasteiger partial charge in [-0.25, -0.2) is 0 Å². The van der Waals surface area contributed by atoms with E-state index in [0.717, 1.165) is 12.2 Å². The van der Waals surface area contributed by atoms with Gasteiger partial charge in [0.25, 0.3) is 0 Å². The van der Waals surface area contributed by atoms with E-state index in [4.69, 9.17) is 15.6 Å². The highest BCUT2D eigenvalue weighted by molar-refractivity contribution is 7.09. The average Bonchev–Trinajstić information content (AvgIpc) is 2.88. The Morgan fingerprint density at radius 3 is 2.84 bits per heavy atom. The van der Waals surface area contributed by atoms with E-state index in [2.05, 4.69) is 11.4 Å².